The predicted octanol–water partition coefficient (Wildman–Crippen LogP) is -6.30. The van der Waals surface area contributed by atoms with E-state index >= 15 is 0 Å². The van der Waals surface area contributed by atoms with Gasteiger partial charge in [-0.25, -0.2) is 9.59 Å². The summed E-state index contributed by atoms with van der Waals surface area (Å²) < 4.78 is 4.20. The van der Waals surface area contributed by atoms with Crippen LogP contribution in [0.25, 0.3) is 0 Å². The molecule has 13 heteroatoms. The van der Waals surface area contributed by atoms with Gasteiger partial charge in [-0.3, -0.25) is 0 Å². The number of carboxylic acids is 1. The van der Waals surface area contributed by atoms with E-state index in [1.807, 2.05) is 0 Å². The first-order valence-corrected chi connectivity index (χ1v) is 6.75. The highest BCUT2D eigenvalue weighted by Crippen LogP contribution is 2.12. The van der Waals surface area contributed by atoms with Crippen molar-refractivity contribution < 1.29 is 65.1 Å². The van der Waals surface area contributed by atoms with Crippen molar-refractivity contribution in [3.63, 3.8) is 0 Å². The third-order valence-corrected chi connectivity index (χ3v) is 3.13. The molecule has 0 spiro atoms. The van der Waals surface area contributed by atoms with Crippen molar-refractivity contribution in [2.75, 3.05) is 6.61 Å². The smallest absolute Gasteiger partial charge is 0.347 e. The van der Waals surface area contributed by atoms with Gasteiger partial charge in [0, 0.05) is 0 Å². The van der Waals surface area contributed by atoms with Crippen molar-refractivity contribution in [3.8, 4) is 0 Å². The number of carboxylic acid groups (broad SMARTS) is 1. The molecule has 0 saturated carbocycles. The molecule has 0 aromatic heterocycles. The van der Waals surface area contributed by atoms with E-state index < -0.39 is 67.4 Å². The minimum absolute atomic E-state index is 0.206. The van der Waals surface area contributed by atoms with Crippen LogP contribution in [0.3, 0.4) is 0 Å². The van der Waals surface area contributed by atoms with E-state index in [-0.39, 0.29) is 6.29 Å². The first-order valence-electron chi connectivity index (χ1n) is 6.75. The van der Waals surface area contributed by atoms with E-state index in [1.54, 1.807) is 0 Å². The molecule has 0 aliphatic heterocycles. The van der Waals surface area contributed by atoms with E-state index in [9.17, 15) is 39.9 Å². The molecule has 0 heterocycles. The molecule has 25 heavy (non-hydrogen) atoms. The Bertz CT molecular complexity index is 454. The van der Waals surface area contributed by atoms with Crippen LogP contribution in [0.15, 0.2) is 0 Å². The van der Waals surface area contributed by atoms with E-state index in [0.29, 0.717) is 0 Å². The fourth-order valence-electron chi connectivity index (χ4n) is 1.58. The summed E-state index contributed by atoms with van der Waals surface area (Å²) in [4.78, 5) is 32.9. The minimum atomic E-state index is -2.63. The van der Waals surface area contributed by atoms with Crippen LogP contribution in [0.4, 0.5) is 0 Å². The average molecular weight is 372 g/mol. The molecule has 0 aliphatic rings. The summed E-state index contributed by atoms with van der Waals surface area (Å²) in [6.07, 6.45) is -18.9. The summed E-state index contributed by atoms with van der Waals surface area (Å²) >= 11 is 0. The third kappa shape index (κ3) is 6.26. The molecule has 0 aromatic carbocycles. The molecule has 9 N–H and O–H groups in total. The highest BCUT2D eigenvalue weighted by molar-refractivity contribution is 5.81. The molecule has 0 unspecified atom stereocenters. The van der Waals surface area contributed by atoms with E-state index in [4.69, 9.17) is 20.4 Å². The number of carbonyl (C=O) groups is 3. The summed E-state index contributed by atoms with van der Waals surface area (Å²) in [6, 6.07) is 0. The molecule has 0 bridgehead atoms. The van der Waals surface area contributed by atoms with Gasteiger partial charge < -0.3 is 55.5 Å². The molecule has 0 rings (SSSR count). The van der Waals surface area contributed by atoms with Crippen molar-refractivity contribution in [1.29, 1.82) is 0 Å². The number of aliphatic hydroxyl groups is 8. The van der Waals surface area contributed by atoms with Gasteiger partial charge in [-0.05, 0) is 0 Å². The summed E-state index contributed by atoms with van der Waals surface area (Å²) in [6.45, 7) is -1.06. The highest BCUT2D eigenvalue weighted by Gasteiger charge is 2.42. The molecule has 146 valence electrons. The Labute approximate surface area is 139 Å². The third-order valence-electron chi connectivity index (χ3n) is 3.13. The zero-order valence-corrected chi connectivity index (χ0v) is 12.6. The van der Waals surface area contributed by atoms with Crippen molar-refractivity contribution in [2.24, 2.45) is 0 Å². The number of aldehydes is 1. The fraction of sp³-hybridized carbons (Fsp3) is 0.750. The van der Waals surface area contributed by atoms with Gasteiger partial charge in [0.1, 0.15) is 36.6 Å². The number of hydrogen-bond donors (Lipinski definition) is 9. The Morgan fingerprint density at radius 3 is 1.80 bits per heavy atom. The Kier molecular flexibility index (Phi) is 9.61. The van der Waals surface area contributed by atoms with Crippen LogP contribution >= 0.6 is 0 Å². The lowest BCUT2D eigenvalue weighted by atomic mass is 10.0. The van der Waals surface area contributed by atoms with Crippen LogP contribution < -0.4 is 0 Å². The number of hydrogen-bond acceptors (Lipinski definition) is 12. The normalized spacial score (nSPS) is 21.1. The van der Waals surface area contributed by atoms with Crippen LogP contribution in [-0.2, 0) is 19.1 Å². The van der Waals surface area contributed by atoms with Crippen LogP contribution in [0.1, 0.15) is 0 Å². The number of esters is 1. The Morgan fingerprint density at radius 2 is 1.40 bits per heavy atom. The van der Waals surface area contributed by atoms with Gasteiger partial charge in [0.15, 0.2) is 12.4 Å². The zero-order valence-electron chi connectivity index (χ0n) is 12.6. The van der Waals surface area contributed by atoms with Gasteiger partial charge in [0.2, 0.25) is 6.10 Å². The van der Waals surface area contributed by atoms with Crippen molar-refractivity contribution >= 4 is 18.2 Å². The molecule has 0 amide bonds. The molecule has 0 fully saturated rings. The standard InChI is InChI=1S/C12H20O13/c13-1-3(15)5(17)7(19)9(21)12(24)25-10(11(22)23)8(20)6(18)4(16)2-14/h1,3-10,14-21H,2H2,(H,22,23)/t3-,4+,5+,6-,7-,8+,9-,10+/m0/s1. The maximum Gasteiger partial charge on any atom is 0.347 e. The minimum Gasteiger partial charge on any atom is -0.478 e. The van der Waals surface area contributed by atoms with Gasteiger partial charge in [-0.1, -0.05) is 0 Å². The first-order chi connectivity index (χ1) is 11.5. The van der Waals surface area contributed by atoms with Gasteiger partial charge in [0.25, 0.3) is 0 Å². The molecule has 13 nitrogen and oxygen atoms in total. The van der Waals surface area contributed by atoms with Gasteiger partial charge in [-0.15, -0.1) is 0 Å². The zero-order chi connectivity index (χ0) is 19.9. The van der Waals surface area contributed by atoms with Gasteiger partial charge in [0.05, 0.1) is 6.61 Å². The molecule has 8 atom stereocenters. The Hall–Kier alpha value is -1.71. The highest BCUT2D eigenvalue weighted by atomic mass is 16.6. The lowest BCUT2D eigenvalue weighted by molar-refractivity contribution is -0.194. The van der Waals surface area contributed by atoms with Gasteiger partial charge >= 0.3 is 11.9 Å². The van der Waals surface area contributed by atoms with Crippen molar-refractivity contribution in [2.45, 2.75) is 48.8 Å². The molecule has 0 aromatic rings. The lowest BCUT2D eigenvalue weighted by Crippen LogP contribution is -2.53. The van der Waals surface area contributed by atoms with Gasteiger partial charge in [-0.2, -0.15) is 0 Å². The second-order valence-corrected chi connectivity index (χ2v) is 4.98. The number of aliphatic carboxylic acids is 1. The number of carbonyl (C=O) groups excluding carboxylic acids is 2. The van der Waals surface area contributed by atoms with Crippen LogP contribution in [0.2, 0.25) is 0 Å². The summed E-state index contributed by atoms with van der Waals surface area (Å²) in [5.41, 5.74) is 0. The molecular formula is C12H20O13. The largest absolute Gasteiger partial charge is 0.478 e. The van der Waals surface area contributed by atoms with Crippen molar-refractivity contribution in [3.05, 3.63) is 0 Å². The summed E-state index contributed by atoms with van der Waals surface area (Å²) in [7, 11) is 0. The number of rotatable bonds is 11. The van der Waals surface area contributed by atoms with E-state index in [0.717, 1.165) is 0 Å². The quantitative estimate of drug-likeness (QED) is 0.121. The fourth-order valence-corrected chi connectivity index (χ4v) is 1.58. The Balaban J connectivity index is 5.11. The second-order valence-electron chi connectivity index (χ2n) is 4.98. The van der Waals surface area contributed by atoms with Crippen LogP contribution in [0, 0.1) is 0 Å². The maximum absolute atomic E-state index is 11.6. The molecule has 0 aliphatic carbocycles. The lowest BCUT2D eigenvalue weighted by Gasteiger charge is -2.28. The topological polar surface area (TPSA) is 243 Å². The average Bonchev–Trinajstić information content (AvgIpc) is 2.60. The molecule has 0 saturated heterocycles. The van der Waals surface area contributed by atoms with E-state index in [2.05, 4.69) is 4.74 Å². The number of aliphatic hydroxyl groups excluding tert-OH is 8. The molecule has 0 radical (unpaired) electrons. The van der Waals surface area contributed by atoms with Crippen LogP contribution in [0.5, 0.6) is 0 Å². The second kappa shape index (κ2) is 10.3. The monoisotopic (exact) mass is 372 g/mol. The van der Waals surface area contributed by atoms with E-state index in [1.165, 1.54) is 0 Å². The summed E-state index contributed by atoms with van der Waals surface area (Å²) in [5, 5.41) is 82.8. The molecular weight excluding hydrogens is 352 g/mol. The maximum atomic E-state index is 11.6. The Morgan fingerprint density at radius 1 is 0.880 bits per heavy atom. The SMILES string of the molecule is O=C[C@H](O)[C@@H](O)[C@H](O)[C@H](O)C(=O)O[C@@H](C(=O)O)[C@H](O)[C@@H](O)[C@H](O)CO. The van der Waals surface area contributed by atoms with Crippen molar-refractivity contribution in [1.82, 2.24) is 0 Å². The van der Waals surface area contributed by atoms with Crippen LogP contribution in [-0.4, -0.2) is 120 Å². The number of ether oxygens (including phenoxy) is 1. The summed E-state index contributed by atoms with van der Waals surface area (Å²) in [5.74, 6) is -3.90. The first kappa shape index (κ1) is 23.3. The predicted molar refractivity (Wildman–Crippen MR) is 72.7 cm³/mol.